The van der Waals surface area contributed by atoms with Crippen LogP contribution in [0.25, 0.3) is 11.1 Å². The Labute approximate surface area is 183 Å². The minimum Gasteiger partial charge on any atom is -0.386 e. The normalized spacial score (nSPS) is 12.2. The van der Waals surface area contributed by atoms with Crippen LogP contribution in [0.15, 0.2) is 53.1 Å². The average Bonchev–Trinajstić information content (AvgIpc) is 3.20. The van der Waals surface area contributed by atoms with Crippen molar-refractivity contribution < 1.29 is 14.0 Å². The maximum absolute atomic E-state index is 13.8. The lowest BCUT2D eigenvalue weighted by molar-refractivity contribution is 0.0786. The van der Waals surface area contributed by atoms with Crippen molar-refractivity contribution in [3.05, 3.63) is 65.8 Å². The summed E-state index contributed by atoms with van der Waals surface area (Å²) in [4.78, 5) is 4.12. The van der Waals surface area contributed by atoms with Gasteiger partial charge in [-0.2, -0.15) is 4.98 Å². The zero-order valence-corrected chi connectivity index (χ0v) is 18.8. The molecule has 0 bridgehead atoms. The van der Waals surface area contributed by atoms with Gasteiger partial charge >= 0.3 is 0 Å². The number of hydrogen-bond acceptors (Lipinski definition) is 5. The van der Waals surface area contributed by atoms with Crippen molar-refractivity contribution in [2.75, 3.05) is 11.9 Å². The number of aliphatic hydroxyl groups is 1. The number of unbranched alkanes of at least 4 members (excludes halogenated alkanes) is 2. The Bertz CT molecular complexity index is 969. The fourth-order valence-electron chi connectivity index (χ4n) is 3.29. The van der Waals surface area contributed by atoms with E-state index in [-0.39, 0.29) is 5.89 Å². The summed E-state index contributed by atoms with van der Waals surface area (Å²) in [7, 11) is 0. The van der Waals surface area contributed by atoms with Gasteiger partial charge in [0.25, 0.3) is 5.89 Å². The van der Waals surface area contributed by atoms with Crippen molar-refractivity contribution in [3.63, 3.8) is 0 Å². The number of benzene rings is 2. The summed E-state index contributed by atoms with van der Waals surface area (Å²) < 4.78 is 18.7. The van der Waals surface area contributed by atoms with Gasteiger partial charge < -0.3 is 14.9 Å². The summed E-state index contributed by atoms with van der Waals surface area (Å²) in [5, 5.41) is 17.4. The molecule has 0 aliphatic carbocycles. The smallest absolute Gasteiger partial charge is 0.263 e. The fourth-order valence-corrected chi connectivity index (χ4v) is 3.29. The van der Waals surface area contributed by atoms with E-state index >= 15 is 0 Å². The molecular weight excluding hydrogens is 393 g/mol. The largest absolute Gasteiger partial charge is 0.386 e. The van der Waals surface area contributed by atoms with Crippen molar-refractivity contribution in [1.29, 1.82) is 0 Å². The number of rotatable bonds is 10. The Hall–Kier alpha value is -2.73. The van der Waals surface area contributed by atoms with Gasteiger partial charge in [-0.1, -0.05) is 48.0 Å². The molecule has 6 heteroatoms. The average molecular weight is 426 g/mol. The SMILES string of the molecule is CC(C)(O)c1ccc(-c2cccc(NCCCCCc3noc(C(C)(C)F)n3)c2)cc1. The van der Waals surface area contributed by atoms with Gasteiger partial charge in [0.05, 0.1) is 5.60 Å². The number of nitrogens with one attached hydrogen (secondary N) is 1. The third-order valence-corrected chi connectivity index (χ3v) is 5.17. The molecular formula is C25H32FN3O2. The van der Waals surface area contributed by atoms with Crippen LogP contribution >= 0.6 is 0 Å². The van der Waals surface area contributed by atoms with Crippen molar-refractivity contribution >= 4 is 5.69 Å². The van der Waals surface area contributed by atoms with Crippen molar-refractivity contribution in [1.82, 2.24) is 10.1 Å². The van der Waals surface area contributed by atoms with Crippen molar-refractivity contribution in [2.45, 2.75) is 64.6 Å². The molecule has 2 aromatic carbocycles. The highest BCUT2D eigenvalue weighted by Gasteiger charge is 2.26. The van der Waals surface area contributed by atoms with E-state index in [1.54, 1.807) is 13.8 Å². The molecule has 0 spiro atoms. The lowest BCUT2D eigenvalue weighted by Gasteiger charge is -2.18. The third-order valence-electron chi connectivity index (χ3n) is 5.17. The van der Waals surface area contributed by atoms with E-state index in [0.29, 0.717) is 12.2 Å². The molecule has 0 aliphatic heterocycles. The standard InChI is InChI=1S/C25H32FN3O2/c1-24(2,26)23-28-22(29-31-23)11-6-5-7-16-27-21-10-8-9-19(17-21)18-12-14-20(15-13-18)25(3,4)30/h8-10,12-15,17,27,30H,5-7,11,16H2,1-4H3. The second kappa shape index (κ2) is 9.60. The molecule has 31 heavy (non-hydrogen) atoms. The zero-order valence-electron chi connectivity index (χ0n) is 18.8. The number of nitrogens with zero attached hydrogens (tertiary/aromatic N) is 2. The van der Waals surface area contributed by atoms with Crippen LogP contribution in [-0.2, 0) is 17.7 Å². The molecule has 0 radical (unpaired) electrons. The molecule has 0 saturated carbocycles. The zero-order chi connectivity index (χ0) is 22.5. The predicted octanol–water partition coefficient (Wildman–Crippen LogP) is 5.99. The van der Waals surface area contributed by atoms with Crippen LogP contribution in [0.4, 0.5) is 10.1 Å². The van der Waals surface area contributed by atoms with E-state index in [0.717, 1.165) is 48.2 Å². The maximum atomic E-state index is 13.8. The molecule has 0 saturated heterocycles. The molecule has 1 heterocycles. The summed E-state index contributed by atoms with van der Waals surface area (Å²) in [6.45, 7) is 7.27. The Morgan fingerprint density at radius 2 is 1.71 bits per heavy atom. The molecule has 0 fully saturated rings. The molecule has 0 unspecified atom stereocenters. The topological polar surface area (TPSA) is 71.2 Å². The minimum atomic E-state index is -1.60. The molecule has 1 aromatic heterocycles. The summed E-state index contributed by atoms with van der Waals surface area (Å²) in [5.41, 5.74) is 1.80. The monoisotopic (exact) mass is 425 g/mol. The number of halogens is 1. The molecule has 3 aromatic rings. The van der Waals surface area contributed by atoms with E-state index in [1.165, 1.54) is 13.8 Å². The van der Waals surface area contributed by atoms with Crippen LogP contribution in [-0.4, -0.2) is 21.8 Å². The van der Waals surface area contributed by atoms with Crippen molar-refractivity contribution in [2.24, 2.45) is 0 Å². The van der Waals surface area contributed by atoms with E-state index in [4.69, 9.17) is 4.52 Å². The van der Waals surface area contributed by atoms with Gasteiger partial charge in [-0.15, -0.1) is 0 Å². The minimum absolute atomic E-state index is 0.0405. The first kappa shape index (κ1) is 22.9. The van der Waals surface area contributed by atoms with Crippen LogP contribution in [0.1, 0.15) is 64.2 Å². The van der Waals surface area contributed by atoms with Crippen LogP contribution < -0.4 is 5.32 Å². The van der Waals surface area contributed by atoms with E-state index in [9.17, 15) is 9.50 Å². The van der Waals surface area contributed by atoms with Gasteiger partial charge in [0, 0.05) is 18.7 Å². The Kier molecular flexibility index (Phi) is 7.11. The Morgan fingerprint density at radius 1 is 0.968 bits per heavy atom. The predicted molar refractivity (Wildman–Crippen MR) is 122 cm³/mol. The van der Waals surface area contributed by atoms with Crippen molar-refractivity contribution in [3.8, 4) is 11.1 Å². The molecule has 166 valence electrons. The van der Waals surface area contributed by atoms with E-state index < -0.39 is 11.3 Å². The second-order valence-electron chi connectivity index (χ2n) is 8.94. The van der Waals surface area contributed by atoms with Gasteiger partial charge in [-0.3, -0.25) is 0 Å². The summed E-state index contributed by atoms with van der Waals surface area (Å²) in [5.74, 6) is 0.607. The summed E-state index contributed by atoms with van der Waals surface area (Å²) >= 11 is 0. The second-order valence-corrected chi connectivity index (χ2v) is 8.94. The molecule has 0 atom stereocenters. The lowest BCUT2D eigenvalue weighted by atomic mass is 9.95. The first-order valence-corrected chi connectivity index (χ1v) is 10.8. The Morgan fingerprint density at radius 3 is 2.35 bits per heavy atom. The van der Waals surface area contributed by atoms with Gasteiger partial charge in [-0.05, 0) is 69.4 Å². The molecule has 0 aliphatic rings. The number of anilines is 1. The lowest BCUT2D eigenvalue weighted by Crippen LogP contribution is -2.14. The number of aryl methyl sites for hydroxylation is 1. The highest BCUT2D eigenvalue weighted by molar-refractivity contribution is 5.68. The van der Waals surface area contributed by atoms with E-state index in [1.807, 2.05) is 30.3 Å². The number of hydrogen-bond donors (Lipinski definition) is 2. The highest BCUT2D eigenvalue weighted by Crippen LogP contribution is 2.26. The quantitative estimate of drug-likeness (QED) is 0.390. The van der Waals surface area contributed by atoms with Crippen LogP contribution in [0.5, 0.6) is 0 Å². The summed E-state index contributed by atoms with van der Waals surface area (Å²) in [6.07, 6.45) is 3.66. The van der Waals surface area contributed by atoms with Gasteiger partial charge in [0.2, 0.25) is 0 Å². The molecule has 3 rings (SSSR count). The molecule has 0 amide bonds. The maximum Gasteiger partial charge on any atom is 0.263 e. The first-order valence-electron chi connectivity index (χ1n) is 10.8. The van der Waals surface area contributed by atoms with Gasteiger partial charge in [0.1, 0.15) is 0 Å². The summed E-state index contributed by atoms with van der Waals surface area (Å²) in [6, 6.07) is 16.4. The molecule has 5 nitrogen and oxygen atoms in total. The van der Waals surface area contributed by atoms with Crippen LogP contribution in [0.2, 0.25) is 0 Å². The third kappa shape index (κ3) is 6.62. The number of aromatic nitrogens is 2. The Balaban J connectivity index is 1.44. The fraction of sp³-hybridized carbons (Fsp3) is 0.440. The first-order chi connectivity index (χ1) is 14.6. The van der Waals surface area contributed by atoms with Gasteiger partial charge in [-0.25, -0.2) is 4.39 Å². The van der Waals surface area contributed by atoms with Crippen LogP contribution in [0.3, 0.4) is 0 Å². The van der Waals surface area contributed by atoms with Crippen LogP contribution in [0, 0.1) is 0 Å². The highest BCUT2D eigenvalue weighted by atomic mass is 19.1. The van der Waals surface area contributed by atoms with Gasteiger partial charge in [0.15, 0.2) is 11.5 Å². The number of alkyl halides is 1. The molecule has 2 N–H and O–H groups in total. The van der Waals surface area contributed by atoms with E-state index in [2.05, 4.69) is 33.7 Å².